The molecule has 0 unspecified atom stereocenters. The van der Waals surface area contributed by atoms with Crippen LogP contribution in [0.4, 0.5) is 0 Å². The normalized spacial score (nSPS) is 15.7. The van der Waals surface area contributed by atoms with Gasteiger partial charge in [-0.1, -0.05) is 19.9 Å². The van der Waals surface area contributed by atoms with Crippen LogP contribution in [0.1, 0.15) is 31.4 Å². The van der Waals surface area contributed by atoms with Crippen molar-refractivity contribution >= 4 is 11.8 Å². The van der Waals surface area contributed by atoms with Gasteiger partial charge >= 0.3 is 0 Å². The average molecular weight is 362 g/mol. The summed E-state index contributed by atoms with van der Waals surface area (Å²) in [5, 5.41) is 2.85. The quantitative estimate of drug-likeness (QED) is 0.806. The number of aryl methyl sites for hydroxylation is 2. The third-order valence-electron chi connectivity index (χ3n) is 4.51. The van der Waals surface area contributed by atoms with Crippen molar-refractivity contribution in [1.82, 2.24) is 10.2 Å². The summed E-state index contributed by atoms with van der Waals surface area (Å²) < 4.78 is 10.9. The van der Waals surface area contributed by atoms with Gasteiger partial charge in [0.2, 0.25) is 5.91 Å². The van der Waals surface area contributed by atoms with E-state index in [9.17, 15) is 9.59 Å². The summed E-state index contributed by atoms with van der Waals surface area (Å²) in [5.74, 6) is 0.631. The molecule has 2 rings (SSSR count). The first-order chi connectivity index (χ1) is 12.4. The minimum Gasteiger partial charge on any atom is -0.484 e. The van der Waals surface area contributed by atoms with Gasteiger partial charge in [0.1, 0.15) is 11.8 Å². The Labute approximate surface area is 155 Å². The van der Waals surface area contributed by atoms with Gasteiger partial charge in [-0.05, 0) is 49.4 Å². The number of nitrogens with zero attached hydrogens (tertiary/aromatic N) is 1. The maximum Gasteiger partial charge on any atom is 0.258 e. The zero-order chi connectivity index (χ0) is 19.1. The Hall–Kier alpha value is -2.08. The summed E-state index contributed by atoms with van der Waals surface area (Å²) in [6, 6.07) is 5.20. The van der Waals surface area contributed by atoms with Crippen molar-refractivity contribution in [2.75, 3.05) is 32.9 Å². The van der Waals surface area contributed by atoms with Crippen LogP contribution in [-0.4, -0.2) is 55.7 Å². The number of carbonyl (C=O) groups excluding carboxylic acids is 2. The van der Waals surface area contributed by atoms with Crippen molar-refractivity contribution in [2.45, 2.75) is 40.2 Å². The van der Waals surface area contributed by atoms with E-state index in [1.807, 2.05) is 45.9 Å². The number of rotatable bonds is 7. The lowest BCUT2D eigenvalue weighted by Crippen LogP contribution is -2.52. The van der Waals surface area contributed by atoms with E-state index in [2.05, 4.69) is 5.32 Å². The summed E-state index contributed by atoms with van der Waals surface area (Å²) >= 11 is 0. The zero-order valence-electron chi connectivity index (χ0n) is 16.2. The molecule has 0 saturated carbocycles. The molecule has 1 aliphatic heterocycles. The monoisotopic (exact) mass is 362 g/mol. The second kappa shape index (κ2) is 9.57. The van der Waals surface area contributed by atoms with E-state index < -0.39 is 6.04 Å². The molecule has 1 fully saturated rings. The van der Waals surface area contributed by atoms with E-state index in [4.69, 9.17) is 9.47 Å². The first-order valence-corrected chi connectivity index (χ1v) is 9.22. The Kier molecular flexibility index (Phi) is 7.45. The number of benzene rings is 1. The second-order valence-corrected chi connectivity index (χ2v) is 7.22. The SMILES string of the molecule is Cc1ccc(OCC(=O)N[C@H](CC(C)C)C(=O)N2CCOCC2)cc1C. The number of hydrogen-bond acceptors (Lipinski definition) is 4. The highest BCUT2D eigenvalue weighted by Crippen LogP contribution is 2.16. The fraction of sp³-hybridized carbons (Fsp3) is 0.600. The van der Waals surface area contributed by atoms with Gasteiger partial charge in [0.15, 0.2) is 6.61 Å². The lowest BCUT2D eigenvalue weighted by atomic mass is 10.0. The second-order valence-electron chi connectivity index (χ2n) is 7.22. The standard InChI is InChI=1S/C20H30N2O4/c1-14(2)11-18(20(24)22-7-9-25-10-8-22)21-19(23)13-26-17-6-5-15(3)16(4)12-17/h5-6,12,14,18H,7-11,13H2,1-4H3,(H,21,23)/t18-/m1/s1. The Balaban J connectivity index is 1.92. The lowest BCUT2D eigenvalue weighted by Gasteiger charge is -2.31. The Morgan fingerprint density at radius 3 is 2.50 bits per heavy atom. The molecule has 26 heavy (non-hydrogen) atoms. The summed E-state index contributed by atoms with van der Waals surface area (Å²) in [6.45, 7) is 10.2. The summed E-state index contributed by atoms with van der Waals surface area (Å²) in [7, 11) is 0. The highest BCUT2D eigenvalue weighted by molar-refractivity contribution is 5.88. The molecule has 1 atom stereocenters. The zero-order valence-corrected chi connectivity index (χ0v) is 16.2. The maximum atomic E-state index is 12.7. The molecule has 6 heteroatoms. The number of hydrogen-bond donors (Lipinski definition) is 1. The third-order valence-corrected chi connectivity index (χ3v) is 4.51. The number of nitrogens with one attached hydrogen (secondary N) is 1. The molecule has 1 heterocycles. The molecule has 0 spiro atoms. The number of ether oxygens (including phenoxy) is 2. The molecule has 1 aliphatic rings. The number of amides is 2. The minimum absolute atomic E-state index is 0.0402. The van der Waals surface area contributed by atoms with Crippen molar-refractivity contribution in [3.8, 4) is 5.75 Å². The fourth-order valence-corrected chi connectivity index (χ4v) is 2.89. The molecule has 1 aromatic carbocycles. The molecule has 0 aliphatic carbocycles. The molecule has 0 aromatic heterocycles. The molecule has 1 N–H and O–H groups in total. The Morgan fingerprint density at radius 1 is 1.19 bits per heavy atom. The van der Waals surface area contributed by atoms with Gasteiger partial charge in [0.25, 0.3) is 5.91 Å². The molecule has 6 nitrogen and oxygen atoms in total. The number of morpholine rings is 1. The average Bonchev–Trinajstić information content (AvgIpc) is 2.62. The lowest BCUT2D eigenvalue weighted by molar-refractivity contribution is -0.140. The molecule has 1 aromatic rings. The van der Waals surface area contributed by atoms with Crippen LogP contribution in [0.2, 0.25) is 0 Å². The van der Waals surface area contributed by atoms with Crippen LogP contribution in [0.25, 0.3) is 0 Å². The topological polar surface area (TPSA) is 67.9 Å². The van der Waals surface area contributed by atoms with Crippen LogP contribution in [-0.2, 0) is 14.3 Å². The van der Waals surface area contributed by atoms with Gasteiger partial charge in [-0.15, -0.1) is 0 Å². The van der Waals surface area contributed by atoms with Crippen molar-refractivity contribution in [3.05, 3.63) is 29.3 Å². The summed E-state index contributed by atoms with van der Waals surface area (Å²) in [6.07, 6.45) is 0.603. The van der Waals surface area contributed by atoms with E-state index in [0.717, 1.165) is 5.56 Å². The van der Waals surface area contributed by atoms with E-state index >= 15 is 0 Å². The van der Waals surface area contributed by atoms with E-state index in [-0.39, 0.29) is 18.4 Å². The van der Waals surface area contributed by atoms with Crippen LogP contribution in [0.15, 0.2) is 18.2 Å². The highest BCUT2D eigenvalue weighted by atomic mass is 16.5. The van der Waals surface area contributed by atoms with Crippen molar-refractivity contribution < 1.29 is 19.1 Å². The van der Waals surface area contributed by atoms with Crippen LogP contribution in [0, 0.1) is 19.8 Å². The predicted octanol–water partition coefficient (Wildman–Crippen LogP) is 2.07. The van der Waals surface area contributed by atoms with Gasteiger partial charge in [0, 0.05) is 13.1 Å². The van der Waals surface area contributed by atoms with Gasteiger partial charge in [0.05, 0.1) is 13.2 Å². The Bertz CT molecular complexity index is 624. The summed E-state index contributed by atoms with van der Waals surface area (Å²) in [5.41, 5.74) is 2.29. The molecule has 1 saturated heterocycles. The molecule has 2 amide bonds. The molecule has 0 bridgehead atoms. The van der Waals surface area contributed by atoms with Gasteiger partial charge < -0.3 is 19.7 Å². The van der Waals surface area contributed by atoms with E-state index in [1.54, 1.807) is 4.90 Å². The fourth-order valence-electron chi connectivity index (χ4n) is 2.89. The van der Waals surface area contributed by atoms with Crippen LogP contribution < -0.4 is 10.1 Å². The van der Waals surface area contributed by atoms with Crippen molar-refractivity contribution in [2.24, 2.45) is 5.92 Å². The molecule has 0 radical (unpaired) electrons. The molecule has 144 valence electrons. The third kappa shape index (κ3) is 6.02. The summed E-state index contributed by atoms with van der Waals surface area (Å²) in [4.78, 5) is 26.8. The first-order valence-electron chi connectivity index (χ1n) is 9.22. The van der Waals surface area contributed by atoms with Gasteiger partial charge in [-0.2, -0.15) is 0 Å². The van der Waals surface area contributed by atoms with Crippen molar-refractivity contribution in [1.29, 1.82) is 0 Å². The van der Waals surface area contributed by atoms with Crippen molar-refractivity contribution in [3.63, 3.8) is 0 Å². The Morgan fingerprint density at radius 2 is 1.88 bits per heavy atom. The smallest absolute Gasteiger partial charge is 0.258 e. The van der Waals surface area contributed by atoms with Crippen LogP contribution in [0.3, 0.4) is 0 Å². The minimum atomic E-state index is -0.524. The van der Waals surface area contributed by atoms with E-state index in [1.165, 1.54) is 5.56 Å². The maximum absolute atomic E-state index is 12.7. The van der Waals surface area contributed by atoms with Crippen LogP contribution in [0.5, 0.6) is 5.75 Å². The first kappa shape index (κ1) is 20.2. The van der Waals surface area contributed by atoms with E-state index in [0.29, 0.717) is 44.4 Å². The van der Waals surface area contributed by atoms with Gasteiger partial charge in [-0.25, -0.2) is 0 Å². The highest BCUT2D eigenvalue weighted by Gasteiger charge is 2.27. The van der Waals surface area contributed by atoms with Gasteiger partial charge in [-0.3, -0.25) is 9.59 Å². The largest absolute Gasteiger partial charge is 0.484 e. The molecular weight excluding hydrogens is 332 g/mol. The predicted molar refractivity (Wildman–Crippen MR) is 100 cm³/mol. The van der Waals surface area contributed by atoms with Crippen LogP contribution >= 0.6 is 0 Å². The molecular formula is C20H30N2O4. The number of carbonyl (C=O) groups is 2.